The Balaban J connectivity index is 1.72. The number of rotatable bonds is 15. The molecule has 3 aliphatic rings. The largest absolute Gasteiger partial charge is 0.472 e. The smallest absolute Gasteiger partial charge is 0.389 e. The molecule has 248 valence electrons. The number of phosphoric acid groups is 1. The second-order valence-corrected chi connectivity index (χ2v) is 16.3. The quantitative estimate of drug-likeness (QED) is 0.0938. The summed E-state index contributed by atoms with van der Waals surface area (Å²) in [4.78, 5) is 21.8. The Bertz CT molecular complexity index is 1080. The molecule has 0 spiro atoms. The second kappa shape index (κ2) is 15.0. The Labute approximate surface area is 269 Å². The predicted molar refractivity (Wildman–Crippen MR) is 168 cm³/mol. The minimum Gasteiger partial charge on any atom is -0.389 e. The second-order valence-electron chi connectivity index (χ2n) is 12.1. The zero-order valence-corrected chi connectivity index (χ0v) is 28.4. The van der Waals surface area contributed by atoms with E-state index in [4.69, 9.17) is 84.9 Å². The maximum absolute atomic E-state index is 13.3. The molecule has 0 aromatic rings. The van der Waals surface area contributed by atoms with E-state index in [1.807, 2.05) is 6.92 Å². The molecule has 3 saturated heterocycles. The minimum absolute atomic E-state index is 0.248. The third-order valence-electron chi connectivity index (χ3n) is 9.21. The molecule has 0 aromatic carbocycles. The highest BCUT2D eigenvalue weighted by molar-refractivity contribution is 8.07. The molecule has 9 N–H and O–H groups in total. The summed E-state index contributed by atoms with van der Waals surface area (Å²) in [5, 5.41) is 10.2. The molecule has 0 saturated carbocycles. The van der Waals surface area contributed by atoms with Crippen LogP contribution >= 0.6 is 14.5 Å². The molecule has 0 aromatic heterocycles. The van der Waals surface area contributed by atoms with Gasteiger partial charge in [0.15, 0.2) is 0 Å². The first-order chi connectivity index (χ1) is 20.2. The summed E-state index contributed by atoms with van der Waals surface area (Å²) in [7, 11) is 13.1. The molecule has 0 bridgehead atoms. The molecule has 0 aliphatic carbocycles. The van der Waals surface area contributed by atoms with E-state index in [-0.39, 0.29) is 19.1 Å². The van der Waals surface area contributed by atoms with Crippen LogP contribution in [0.2, 0.25) is 0 Å². The van der Waals surface area contributed by atoms with Gasteiger partial charge in [0, 0.05) is 41.9 Å². The fraction of sp³-hybridized carbons (Fsp3) is 1.00. The van der Waals surface area contributed by atoms with Gasteiger partial charge in [-0.1, -0.05) is 20.8 Å². The van der Waals surface area contributed by atoms with Gasteiger partial charge in [-0.2, -0.15) is 0 Å². The Morgan fingerprint density at radius 2 is 1.20 bits per heavy atom. The van der Waals surface area contributed by atoms with E-state index in [2.05, 4.69) is 0 Å². The summed E-state index contributed by atoms with van der Waals surface area (Å²) in [5.74, 6) is -1.27. The molecule has 44 heavy (non-hydrogen) atoms. The maximum Gasteiger partial charge on any atom is 0.472 e. The van der Waals surface area contributed by atoms with Crippen LogP contribution in [0.1, 0.15) is 53.9 Å². The summed E-state index contributed by atoms with van der Waals surface area (Å²) in [6, 6.07) is -4.98. The molecule has 0 amide bonds. The van der Waals surface area contributed by atoms with Gasteiger partial charge in [-0.3, -0.25) is 9.05 Å². The highest BCUT2D eigenvalue weighted by Gasteiger charge is 2.55. The zero-order valence-electron chi connectivity index (χ0n) is 25.8. The lowest BCUT2D eigenvalue weighted by Crippen LogP contribution is -2.51. The lowest BCUT2D eigenvalue weighted by molar-refractivity contribution is -0.0695. The van der Waals surface area contributed by atoms with Crippen molar-refractivity contribution in [2.45, 2.75) is 126 Å². The zero-order chi connectivity index (χ0) is 33.4. The van der Waals surface area contributed by atoms with Gasteiger partial charge in [0.25, 0.3) is 0 Å². The Hall–Kier alpha value is 0.555. The van der Waals surface area contributed by atoms with E-state index < -0.39 is 98.6 Å². The molecule has 3 aliphatic heterocycles. The van der Waals surface area contributed by atoms with Crippen molar-refractivity contribution in [3.63, 3.8) is 0 Å². The third-order valence-corrected chi connectivity index (χ3v) is 12.0. The first kappa shape index (κ1) is 39.0. The van der Waals surface area contributed by atoms with Gasteiger partial charge < -0.3 is 55.4 Å². The van der Waals surface area contributed by atoms with Crippen molar-refractivity contribution in [3.8, 4) is 0 Å². The molecule has 20 heteroatoms. The molecular formula is C24H46B3N3O11P2S. The maximum atomic E-state index is 13.3. The van der Waals surface area contributed by atoms with E-state index in [1.54, 1.807) is 27.7 Å². The van der Waals surface area contributed by atoms with Crippen LogP contribution in [0, 0.1) is 11.8 Å². The van der Waals surface area contributed by atoms with E-state index in [9.17, 15) is 19.5 Å². The van der Waals surface area contributed by atoms with Gasteiger partial charge in [0.05, 0.1) is 48.8 Å². The van der Waals surface area contributed by atoms with E-state index >= 15 is 0 Å². The standard InChI is InChI=1S/C24H46B3N3O11P2S/c1-6-11-14(16(28)20(25)37-11)23(4,7-2)40-42(32,33)35-9-12-15(17(29)21(26)38-12)24(5,8-3)41-43(34,44)36-10-13-19(31)18(30)22(27)39-13/h11-22,31H,6-10,28-30H2,1-5H3,(H,32,33)(H,34,44). The number of aliphatic hydroxyl groups excluding tert-OH is 1. The third kappa shape index (κ3) is 8.58. The molecule has 16 unspecified atom stereocenters. The van der Waals surface area contributed by atoms with Crippen LogP contribution in [-0.4, -0.2) is 123 Å². The fourth-order valence-electron chi connectivity index (χ4n) is 6.34. The lowest BCUT2D eigenvalue weighted by atomic mass is 9.75. The molecule has 3 rings (SSSR count). The van der Waals surface area contributed by atoms with Crippen molar-refractivity contribution in [1.29, 1.82) is 0 Å². The van der Waals surface area contributed by atoms with Crippen molar-refractivity contribution in [2.75, 3.05) is 13.2 Å². The van der Waals surface area contributed by atoms with Crippen molar-refractivity contribution in [1.82, 2.24) is 0 Å². The normalized spacial score (nSPS) is 43.2. The van der Waals surface area contributed by atoms with Crippen molar-refractivity contribution >= 4 is 49.9 Å². The van der Waals surface area contributed by atoms with Crippen LogP contribution in [0.25, 0.3) is 0 Å². The summed E-state index contributed by atoms with van der Waals surface area (Å²) >= 11 is 5.26. The van der Waals surface area contributed by atoms with Crippen LogP contribution in [0.4, 0.5) is 0 Å². The molecule has 16 atom stereocenters. The number of phosphoric ester groups is 1. The van der Waals surface area contributed by atoms with Crippen molar-refractivity contribution < 1.29 is 51.8 Å². The number of aliphatic hydroxyl groups is 1. The van der Waals surface area contributed by atoms with Crippen molar-refractivity contribution in [3.05, 3.63) is 0 Å². The monoisotopic (exact) mass is 679 g/mol. The minimum atomic E-state index is -4.73. The topological polar surface area (TPSA) is 220 Å². The van der Waals surface area contributed by atoms with Crippen molar-refractivity contribution in [2.24, 2.45) is 29.0 Å². The SMILES string of the molecule is [B]C1OC(COP(O)(=S)OC(C)(CC)C2C(COP(=O)(O)OC(C)(CC)C3C(CC)OC([B])C3N)OC([B])C2N)C(O)C1N. The molecule has 3 fully saturated rings. The number of nitrogens with two attached hydrogens (primary N) is 3. The van der Waals surface area contributed by atoms with Crippen LogP contribution in [0.5, 0.6) is 0 Å². The fourth-order valence-corrected chi connectivity index (χ4v) is 9.37. The number of hydrogen-bond donors (Lipinski definition) is 6. The van der Waals surface area contributed by atoms with Gasteiger partial charge in [0.2, 0.25) is 0 Å². The molecule has 6 radical (unpaired) electrons. The Morgan fingerprint density at radius 1 is 0.773 bits per heavy atom. The molecular weight excluding hydrogens is 633 g/mol. The predicted octanol–water partition coefficient (Wildman–Crippen LogP) is -0.627. The van der Waals surface area contributed by atoms with Gasteiger partial charge in [-0.15, -0.1) is 0 Å². The number of ether oxygens (including phenoxy) is 3. The van der Waals surface area contributed by atoms with Crippen LogP contribution < -0.4 is 17.2 Å². The summed E-state index contributed by atoms with van der Waals surface area (Å²) in [6.07, 6.45) is -2.29. The van der Waals surface area contributed by atoms with Crippen LogP contribution in [0.3, 0.4) is 0 Å². The highest BCUT2D eigenvalue weighted by Crippen LogP contribution is 2.55. The molecule has 3 heterocycles. The first-order valence-electron chi connectivity index (χ1n) is 14.8. The highest BCUT2D eigenvalue weighted by atomic mass is 32.5. The summed E-state index contributed by atoms with van der Waals surface area (Å²) in [5.41, 5.74) is 16.0. The van der Waals surface area contributed by atoms with Gasteiger partial charge in [-0.25, -0.2) is 4.57 Å². The first-order valence-corrected chi connectivity index (χ1v) is 18.9. The summed E-state index contributed by atoms with van der Waals surface area (Å²) < 4.78 is 53.0. The van der Waals surface area contributed by atoms with Gasteiger partial charge >= 0.3 is 14.5 Å². The van der Waals surface area contributed by atoms with Crippen LogP contribution in [-0.2, 0) is 48.7 Å². The van der Waals surface area contributed by atoms with E-state index in [0.29, 0.717) is 12.8 Å². The van der Waals surface area contributed by atoms with E-state index in [1.165, 1.54) is 0 Å². The Kier molecular flexibility index (Phi) is 13.3. The van der Waals surface area contributed by atoms with E-state index in [0.717, 1.165) is 0 Å². The average molecular weight is 679 g/mol. The number of hydrogen-bond acceptors (Lipinski definition) is 13. The van der Waals surface area contributed by atoms with Gasteiger partial charge in [0.1, 0.15) is 29.6 Å². The average Bonchev–Trinajstić information content (AvgIpc) is 3.51. The lowest BCUT2D eigenvalue weighted by Gasteiger charge is -2.41. The Morgan fingerprint density at radius 3 is 1.68 bits per heavy atom. The van der Waals surface area contributed by atoms with Gasteiger partial charge in [-0.05, 0) is 44.9 Å². The van der Waals surface area contributed by atoms with Crippen LogP contribution in [0.15, 0.2) is 0 Å². The summed E-state index contributed by atoms with van der Waals surface area (Å²) in [6.45, 7) is 3.98. The molecule has 14 nitrogen and oxygen atoms in total.